The molecule has 0 aliphatic carbocycles. The summed E-state index contributed by atoms with van der Waals surface area (Å²) in [6, 6.07) is 18.2. The van der Waals surface area contributed by atoms with Crippen LogP contribution in [0.5, 0.6) is 5.75 Å². The third kappa shape index (κ3) is 12.3. The standard InChI is InChI=1S/C19H20OS.3CO.Cr/c1-15(2)21-19(14-13-16-9-5-4-6-10-16)17-11-7-8-12-18(17)20-3;3*1-2;/h4-12,15,19H,1-3H3;;;;/t19-;;;;/m0..../s1. The van der Waals surface area contributed by atoms with Gasteiger partial charge >= 0.3 is 33.9 Å². The zero-order valence-corrected chi connectivity index (χ0v) is 17.9. The summed E-state index contributed by atoms with van der Waals surface area (Å²) in [7, 11) is 1.71. The van der Waals surface area contributed by atoms with Gasteiger partial charge in [-0.25, -0.2) is 0 Å². The summed E-state index contributed by atoms with van der Waals surface area (Å²) in [4.78, 5) is 0. The Morgan fingerprint density at radius 3 is 1.86 bits per heavy atom. The monoisotopic (exact) mass is 432 g/mol. The Hall–Kier alpha value is -2.10. The number of para-hydroxylation sites is 1. The third-order valence-corrected chi connectivity index (χ3v) is 4.14. The van der Waals surface area contributed by atoms with Crippen molar-refractivity contribution in [2.75, 3.05) is 7.11 Å². The van der Waals surface area contributed by atoms with Gasteiger partial charge in [0.15, 0.2) is 0 Å². The van der Waals surface area contributed by atoms with Gasteiger partial charge in [-0.2, -0.15) is 0 Å². The molecule has 6 heteroatoms. The van der Waals surface area contributed by atoms with Crippen LogP contribution in [-0.2, 0) is 31.3 Å². The summed E-state index contributed by atoms with van der Waals surface area (Å²) in [6.07, 6.45) is 0. The van der Waals surface area contributed by atoms with Crippen molar-refractivity contribution in [1.82, 2.24) is 0 Å². The Bertz CT molecular complexity index is 744. The van der Waals surface area contributed by atoms with Crippen LogP contribution in [0.25, 0.3) is 0 Å². The van der Waals surface area contributed by atoms with Gasteiger partial charge in [0.1, 0.15) is 5.75 Å². The van der Waals surface area contributed by atoms with Gasteiger partial charge in [-0.1, -0.05) is 62.1 Å². The molecule has 0 spiro atoms. The molecule has 0 aliphatic heterocycles. The van der Waals surface area contributed by atoms with Gasteiger partial charge in [-0.05, 0) is 18.2 Å². The van der Waals surface area contributed by atoms with Crippen molar-refractivity contribution >= 4 is 11.8 Å². The first kappa shape index (κ1) is 30.6. The van der Waals surface area contributed by atoms with Crippen LogP contribution in [0, 0.1) is 31.8 Å². The van der Waals surface area contributed by atoms with Crippen LogP contribution >= 0.6 is 11.8 Å². The third-order valence-electron chi connectivity index (χ3n) is 2.95. The number of rotatable bonds is 4. The summed E-state index contributed by atoms with van der Waals surface area (Å²) in [6.45, 7) is 17.9. The number of hydrogen-bond acceptors (Lipinski definition) is 2. The SMILES string of the molecule is COc1ccccc1[C@H](C#Cc1ccccc1)SC(C)C.[C-]#[O+].[C-]#[O+].[C-]#[O+].[Cr]. The summed E-state index contributed by atoms with van der Waals surface area (Å²) >= 11 is 1.85. The Morgan fingerprint density at radius 1 is 0.857 bits per heavy atom. The largest absolute Gasteiger partial charge is 0 e. The minimum atomic E-state index is 0. The molecular weight excluding hydrogens is 412 g/mol. The maximum atomic E-state index is 7.50. The van der Waals surface area contributed by atoms with E-state index in [1.165, 1.54) is 0 Å². The second kappa shape index (κ2) is 21.2. The van der Waals surface area contributed by atoms with E-state index in [1.807, 2.05) is 60.3 Å². The fourth-order valence-corrected chi connectivity index (χ4v) is 3.02. The van der Waals surface area contributed by atoms with Gasteiger partial charge in [-0.3, -0.25) is 0 Å². The van der Waals surface area contributed by atoms with Crippen molar-refractivity contribution < 1.29 is 36.1 Å². The van der Waals surface area contributed by atoms with Crippen LogP contribution < -0.4 is 4.74 Å². The topological polar surface area (TPSA) is 68.9 Å². The first-order valence-corrected chi connectivity index (χ1v) is 8.61. The van der Waals surface area contributed by atoms with Crippen LogP contribution in [0.4, 0.5) is 0 Å². The summed E-state index contributed by atoms with van der Waals surface area (Å²) < 4.78 is 28.0. The van der Waals surface area contributed by atoms with E-state index in [-0.39, 0.29) is 22.6 Å². The quantitative estimate of drug-likeness (QED) is 0.395. The van der Waals surface area contributed by atoms with Gasteiger partial charge in [0.25, 0.3) is 0 Å². The molecular formula is C22H20CrO4S. The zero-order valence-electron chi connectivity index (χ0n) is 15.8. The van der Waals surface area contributed by atoms with Crippen molar-refractivity contribution in [1.29, 1.82) is 0 Å². The first-order chi connectivity index (χ1) is 13.2. The van der Waals surface area contributed by atoms with E-state index in [4.69, 9.17) is 18.7 Å². The molecule has 0 amide bonds. The number of ether oxygens (including phenoxy) is 1. The average Bonchev–Trinajstić information content (AvgIpc) is 2.76. The number of thioether (sulfide) groups is 1. The van der Waals surface area contributed by atoms with Crippen molar-refractivity contribution in [2.24, 2.45) is 0 Å². The van der Waals surface area contributed by atoms with Gasteiger partial charge in [0, 0.05) is 33.7 Å². The summed E-state index contributed by atoms with van der Waals surface area (Å²) in [5.41, 5.74) is 2.18. The molecule has 0 saturated heterocycles. The number of hydrogen-bond donors (Lipinski definition) is 0. The molecule has 0 fully saturated rings. The molecule has 2 aromatic carbocycles. The molecule has 2 rings (SSSR count). The van der Waals surface area contributed by atoms with E-state index < -0.39 is 0 Å². The van der Waals surface area contributed by atoms with E-state index >= 15 is 0 Å². The van der Waals surface area contributed by atoms with Gasteiger partial charge in [0.05, 0.1) is 12.4 Å². The first-order valence-electron chi connectivity index (χ1n) is 7.67. The molecule has 0 bridgehead atoms. The van der Waals surface area contributed by atoms with E-state index in [0.717, 1.165) is 16.9 Å². The van der Waals surface area contributed by atoms with Gasteiger partial charge in [-0.15, -0.1) is 11.8 Å². The molecule has 0 N–H and O–H groups in total. The maximum absolute atomic E-state index is 7.50. The van der Waals surface area contributed by atoms with Gasteiger partial charge < -0.3 is 4.74 Å². The molecule has 0 saturated carbocycles. The molecule has 0 aromatic heterocycles. The molecule has 0 radical (unpaired) electrons. The molecule has 28 heavy (non-hydrogen) atoms. The van der Waals surface area contributed by atoms with Crippen molar-refractivity contribution in [2.45, 2.75) is 24.3 Å². The Morgan fingerprint density at radius 2 is 1.36 bits per heavy atom. The van der Waals surface area contributed by atoms with E-state index in [0.29, 0.717) is 5.25 Å². The Balaban J connectivity index is -0.000000815. The fraction of sp³-hybridized carbons (Fsp3) is 0.227. The molecule has 0 heterocycles. The van der Waals surface area contributed by atoms with Gasteiger partial charge in [0.2, 0.25) is 0 Å². The minimum Gasteiger partial charge on any atom is 0 e. The summed E-state index contributed by atoms with van der Waals surface area (Å²) in [5.74, 6) is 7.57. The van der Waals surface area contributed by atoms with E-state index in [2.05, 4.69) is 51.7 Å². The predicted octanol–water partition coefficient (Wildman–Crippen LogP) is 4.81. The Labute approximate surface area is 182 Å². The molecule has 0 unspecified atom stereocenters. The zero-order chi connectivity index (χ0) is 21.1. The molecule has 144 valence electrons. The van der Waals surface area contributed by atoms with E-state index in [9.17, 15) is 0 Å². The molecule has 1 atom stereocenters. The van der Waals surface area contributed by atoms with Crippen LogP contribution in [-0.4, -0.2) is 12.4 Å². The second-order valence-electron chi connectivity index (χ2n) is 4.94. The average molecular weight is 432 g/mol. The fourth-order valence-electron chi connectivity index (χ4n) is 2.01. The normalized spacial score (nSPS) is 8.93. The van der Waals surface area contributed by atoms with Crippen LogP contribution in [0.15, 0.2) is 54.6 Å². The minimum absolute atomic E-state index is 0. The predicted molar refractivity (Wildman–Crippen MR) is 104 cm³/mol. The number of benzene rings is 2. The van der Waals surface area contributed by atoms with Crippen LogP contribution in [0.1, 0.15) is 30.2 Å². The van der Waals surface area contributed by atoms with Crippen LogP contribution in [0.3, 0.4) is 0 Å². The Kier molecular flexibility index (Phi) is 23.2. The van der Waals surface area contributed by atoms with Crippen molar-refractivity contribution in [3.05, 3.63) is 85.7 Å². The smallest absolute Gasteiger partial charge is 0 e. The van der Waals surface area contributed by atoms with Crippen molar-refractivity contribution in [3.63, 3.8) is 0 Å². The van der Waals surface area contributed by atoms with E-state index in [1.54, 1.807) is 7.11 Å². The molecule has 2 aromatic rings. The molecule has 0 aliphatic rings. The summed E-state index contributed by atoms with van der Waals surface area (Å²) in [5, 5.41) is 0.617. The van der Waals surface area contributed by atoms with Crippen LogP contribution in [0.2, 0.25) is 0 Å². The second-order valence-corrected chi connectivity index (χ2v) is 6.63. The number of methoxy groups -OCH3 is 1. The van der Waals surface area contributed by atoms with Crippen molar-refractivity contribution in [3.8, 4) is 17.6 Å². The maximum Gasteiger partial charge on any atom is 0 e. The molecule has 4 nitrogen and oxygen atoms in total.